The third-order valence-corrected chi connectivity index (χ3v) is 5.03. The summed E-state index contributed by atoms with van der Waals surface area (Å²) in [7, 11) is 1.95. The fourth-order valence-corrected chi connectivity index (χ4v) is 3.78. The minimum atomic E-state index is 0.0814. The number of rotatable bonds is 3. The normalized spacial score (nSPS) is 16.7. The molecule has 2 aromatic heterocycles. The van der Waals surface area contributed by atoms with Crippen molar-refractivity contribution in [2.24, 2.45) is 7.05 Å². The number of benzene rings is 1. The van der Waals surface area contributed by atoms with Crippen LogP contribution in [0.1, 0.15) is 35.4 Å². The Kier molecular flexibility index (Phi) is 3.92. The molecule has 128 valence electrons. The Morgan fingerprint density at radius 3 is 2.76 bits per heavy atom. The molecule has 4 rings (SSSR count). The second-order valence-corrected chi connectivity index (χ2v) is 6.46. The molecular weight excluding hydrogens is 312 g/mol. The van der Waals surface area contributed by atoms with Crippen LogP contribution in [0.3, 0.4) is 0 Å². The molecule has 0 radical (unpaired) electrons. The molecule has 0 fully saturated rings. The molecule has 5 heteroatoms. The van der Waals surface area contributed by atoms with Crippen LogP contribution in [-0.4, -0.2) is 31.5 Å². The highest BCUT2D eigenvalue weighted by Gasteiger charge is 2.31. The molecule has 0 aliphatic carbocycles. The number of aromatic nitrogens is 3. The van der Waals surface area contributed by atoms with Crippen molar-refractivity contribution in [1.29, 1.82) is 0 Å². The zero-order valence-electron chi connectivity index (χ0n) is 14.6. The van der Waals surface area contributed by atoms with Crippen molar-refractivity contribution >= 4 is 5.91 Å². The summed E-state index contributed by atoms with van der Waals surface area (Å²) in [6.45, 7) is 3.71. The zero-order chi connectivity index (χ0) is 17.4. The summed E-state index contributed by atoms with van der Waals surface area (Å²) in [5.74, 6) is 0.898. The smallest absolute Gasteiger partial charge is 0.255 e. The van der Waals surface area contributed by atoms with Gasteiger partial charge in [0, 0.05) is 50.0 Å². The van der Waals surface area contributed by atoms with E-state index in [1.54, 1.807) is 6.20 Å². The summed E-state index contributed by atoms with van der Waals surface area (Å²) in [5, 5.41) is 0. The van der Waals surface area contributed by atoms with E-state index >= 15 is 0 Å². The number of imidazole rings is 1. The molecule has 0 saturated heterocycles. The average Bonchev–Trinajstić information content (AvgIpc) is 3.28. The summed E-state index contributed by atoms with van der Waals surface area (Å²) in [6.07, 6.45) is 6.67. The predicted octanol–water partition coefficient (Wildman–Crippen LogP) is 3.50. The van der Waals surface area contributed by atoms with E-state index in [9.17, 15) is 4.79 Å². The number of carbonyl (C=O) groups is 1. The van der Waals surface area contributed by atoms with E-state index in [2.05, 4.69) is 34.8 Å². The Morgan fingerprint density at radius 2 is 2.00 bits per heavy atom. The van der Waals surface area contributed by atoms with Gasteiger partial charge >= 0.3 is 0 Å². The molecule has 1 atom stereocenters. The quantitative estimate of drug-likeness (QED) is 0.736. The van der Waals surface area contributed by atoms with Crippen molar-refractivity contribution in [3.8, 4) is 11.4 Å². The summed E-state index contributed by atoms with van der Waals surface area (Å²) in [4.78, 5) is 19.8. The Labute approximate surface area is 147 Å². The lowest BCUT2D eigenvalue weighted by molar-refractivity contribution is 0.0618. The molecule has 1 amide bonds. The van der Waals surface area contributed by atoms with E-state index in [0.717, 1.165) is 36.5 Å². The molecule has 1 aliphatic heterocycles. The lowest BCUT2D eigenvalue weighted by Gasteiger charge is -2.37. The van der Waals surface area contributed by atoms with Crippen molar-refractivity contribution in [2.75, 3.05) is 6.54 Å². The van der Waals surface area contributed by atoms with E-state index in [0.29, 0.717) is 0 Å². The summed E-state index contributed by atoms with van der Waals surface area (Å²) < 4.78 is 4.20. The van der Waals surface area contributed by atoms with Crippen LogP contribution in [0.4, 0.5) is 0 Å². The topological polar surface area (TPSA) is 43.1 Å². The van der Waals surface area contributed by atoms with Gasteiger partial charge < -0.3 is 14.0 Å². The molecular formula is C20H22N4O. The van der Waals surface area contributed by atoms with Crippen LogP contribution in [0.25, 0.3) is 11.4 Å². The first-order chi connectivity index (χ1) is 12.2. The van der Waals surface area contributed by atoms with E-state index in [-0.39, 0.29) is 11.9 Å². The van der Waals surface area contributed by atoms with Crippen LogP contribution in [0.5, 0.6) is 0 Å². The fraction of sp³-hybridized carbons (Fsp3) is 0.300. The Morgan fingerprint density at radius 1 is 1.16 bits per heavy atom. The van der Waals surface area contributed by atoms with Crippen LogP contribution in [-0.2, 0) is 13.6 Å². The van der Waals surface area contributed by atoms with Gasteiger partial charge in [0.15, 0.2) is 0 Å². The van der Waals surface area contributed by atoms with E-state index < -0.39 is 0 Å². The van der Waals surface area contributed by atoms with Gasteiger partial charge in [-0.3, -0.25) is 4.79 Å². The largest absolute Gasteiger partial charge is 0.348 e. The predicted molar refractivity (Wildman–Crippen MR) is 97.1 cm³/mol. The third-order valence-electron chi connectivity index (χ3n) is 5.03. The van der Waals surface area contributed by atoms with Gasteiger partial charge in [0.1, 0.15) is 5.82 Å². The maximum absolute atomic E-state index is 13.4. The molecule has 3 aromatic rings. The lowest BCUT2D eigenvalue weighted by Crippen LogP contribution is -2.41. The number of nitrogens with zero attached hydrogens (tertiary/aromatic N) is 4. The first-order valence-corrected chi connectivity index (χ1v) is 8.73. The minimum Gasteiger partial charge on any atom is -0.348 e. The van der Waals surface area contributed by atoms with Crippen molar-refractivity contribution < 1.29 is 4.79 Å². The van der Waals surface area contributed by atoms with Gasteiger partial charge in [-0.15, -0.1) is 0 Å². The number of amides is 1. The zero-order valence-corrected chi connectivity index (χ0v) is 14.6. The molecule has 3 heterocycles. The van der Waals surface area contributed by atoms with Crippen molar-refractivity contribution in [3.63, 3.8) is 0 Å². The van der Waals surface area contributed by atoms with Gasteiger partial charge in [-0.25, -0.2) is 4.98 Å². The Bertz CT molecular complexity index is 908. The van der Waals surface area contributed by atoms with Crippen LogP contribution >= 0.6 is 0 Å². The summed E-state index contributed by atoms with van der Waals surface area (Å²) in [5.41, 5.74) is 2.82. The van der Waals surface area contributed by atoms with Crippen molar-refractivity contribution in [1.82, 2.24) is 19.0 Å². The van der Waals surface area contributed by atoms with E-state index in [1.807, 2.05) is 47.0 Å². The summed E-state index contributed by atoms with van der Waals surface area (Å²) >= 11 is 0. The van der Waals surface area contributed by atoms with Crippen LogP contribution < -0.4 is 0 Å². The second-order valence-electron chi connectivity index (χ2n) is 6.46. The van der Waals surface area contributed by atoms with Gasteiger partial charge in [-0.1, -0.05) is 25.1 Å². The van der Waals surface area contributed by atoms with E-state index in [1.165, 1.54) is 5.69 Å². The van der Waals surface area contributed by atoms with Gasteiger partial charge in [-0.05, 0) is 24.6 Å². The highest BCUT2D eigenvalue weighted by molar-refractivity contribution is 6.00. The molecule has 25 heavy (non-hydrogen) atoms. The first kappa shape index (κ1) is 15.7. The molecule has 0 bridgehead atoms. The van der Waals surface area contributed by atoms with E-state index in [4.69, 9.17) is 0 Å². The molecule has 0 N–H and O–H groups in total. The number of hydrogen-bond donors (Lipinski definition) is 0. The maximum atomic E-state index is 13.4. The van der Waals surface area contributed by atoms with Crippen LogP contribution in [0, 0.1) is 0 Å². The highest BCUT2D eigenvalue weighted by Crippen LogP contribution is 2.32. The van der Waals surface area contributed by atoms with Crippen molar-refractivity contribution in [3.05, 3.63) is 66.2 Å². The monoisotopic (exact) mass is 334 g/mol. The average molecular weight is 334 g/mol. The molecule has 0 unspecified atom stereocenters. The third kappa shape index (κ3) is 2.56. The second kappa shape index (κ2) is 6.24. The molecule has 0 spiro atoms. The maximum Gasteiger partial charge on any atom is 0.255 e. The fourth-order valence-electron chi connectivity index (χ4n) is 3.78. The number of carbonyl (C=O) groups excluding carboxylic acids is 1. The SMILES string of the molecule is CC[C@H]1c2cccn2CCN1C(=O)c1ccccc1-c1nccn1C. The Hall–Kier alpha value is -2.82. The molecule has 5 nitrogen and oxygen atoms in total. The van der Waals surface area contributed by atoms with Gasteiger partial charge in [0.2, 0.25) is 0 Å². The molecule has 0 saturated carbocycles. The van der Waals surface area contributed by atoms with Crippen LogP contribution in [0.2, 0.25) is 0 Å². The standard InChI is InChI=1S/C20H22N4O/c1-3-17-18-9-6-11-23(18)13-14-24(17)20(25)16-8-5-4-7-15(16)19-21-10-12-22(19)2/h4-12,17H,3,13-14H2,1-2H3/t17-/m0/s1. The minimum absolute atomic E-state index is 0.0814. The number of fused-ring (bicyclic) bond motifs is 1. The number of aryl methyl sites for hydroxylation is 1. The van der Waals surface area contributed by atoms with Gasteiger partial charge in [0.05, 0.1) is 11.6 Å². The van der Waals surface area contributed by atoms with Crippen LogP contribution in [0.15, 0.2) is 55.0 Å². The van der Waals surface area contributed by atoms with Gasteiger partial charge in [0.25, 0.3) is 5.91 Å². The number of hydrogen-bond acceptors (Lipinski definition) is 2. The summed E-state index contributed by atoms with van der Waals surface area (Å²) in [6, 6.07) is 12.1. The van der Waals surface area contributed by atoms with Crippen molar-refractivity contribution in [2.45, 2.75) is 25.9 Å². The molecule has 1 aromatic carbocycles. The highest BCUT2D eigenvalue weighted by atomic mass is 16.2. The first-order valence-electron chi connectivity index (χ1n) is 8.73. The van der Waals surface area contributed by atoms with Gasteiger partial charge in [-0.2, -0.15) is 0 Å². The molecule has 1 aliphatic rings. The lowest BCUT2D eigenvalue weighted by atomic mass is 10.0. The Balaban J connectivity index is 1.74.